The van der Waals surface area contributed by atoms with Gasteiger partial charge in [0.15, 0.2) is 5.65 Å². The van der Waals surface area contributed by atoms with Gasteiger partial charge in [-0.3, -0.25) is 9.20 Å². The van der Waals surface area contributed by atoms with Crippen molar-refractivity contribution in [2.45, 2.75) is 52.5 Å². The summed E-state index contributed by atoms with van der Waals surface area (Å²) >= 11 is 0. The first kappa shape index (κ1) is 31.6. The van der Waals surface area contributed by atoms with Gasteiger partial charge in [-0.25, -0.2) is 4.98 Å². The monoisotopic (exact) mass is 581 g/mol. The zero-order valence-electron chi connectivity index (χ0n) is 23.9. The first-order chi connectivity index (χ1) is 18.0. The number of hydrogen-bond acceptors (Lipinski definition) is 5. The molecule has 0 radical (unpaired) electrons. The van der Waals surface area contributed by atoms with Crippen LogP contribution in [-0.2, 0) is 13.0 Å². The van der Waals surface area contributed by atoms with E-state index < -0.39 is 0 Å². The van der Waals surface area contributed by atoms with Crippen LogP contribution in [0.3, 0.4) is 0 Å². The third-order valence-corrected chi connectivity index (χ3v) is 8.57. The molecule has 218 valence electrons. The van der Waals surface area contributed by atoms with Crippen molar-refractivity contribution >= 4 is 16.7 Å². The summed E-state index contributed by atoms with van der Waals surface area (Å²) < 4.78 is 9.31. The Hall–Kier alpha value is -1.91. The molecule has 2 aliphatic heterocycles. The molecule has 3 aromatic heterocycles. The van der Waals surface area contributed by atoms with Gasteiger partial charge in [-0.05, 0) is 52.4 Å². The van der Waals surface area contributed by atoms with Crippen molar-refractivity contribution in [2.75, 3.05) is 66.5 Å². The summed E-state index contributed by atoms with van der Waals surface area (Å²) in [4.78, 5) is 29.2. The lowest BCUT2D eigenvalue weighted by Crippen LogP contribution is -3.28. The number of hydrogen-bond donors (Lipinski definition) is 2. The lowest BCUT2D eigenvalue weighted by Gasteiger charge is -2.34. The van der Waals surface area contributed by atoms with Crippen LogP contribution in [0.2, 0.25) is 0 Å². The predicted molar refractivity (Wildman–Crippen MR) is 146 cm³/mol. The highest BCUT2D eigenvalue weighted by atomic mass is 35.5. The second kappa shape index (κ2) is 14.1. The molecule has 2 saturated heterocycles. The summed E-state index contributed by atoms with van der Waals surface area (Å²) in [7, 11) is 3.87. The van der Waals surface area contributed by atoms with Crippen LogP contribution in [0, 0.1) is 12.8 Å². The summed E-state index contributed by atoms with van der Waals surface area (Å²) in [5, 5.41) is 0. The zero-order chi connectivity index (χ0) is 25.9. The Morgan fingerprint density at radius 1 is 1.05 bits per heavy atom. The number of piperidine rings is 1. The van der Waals surface area contributed by atoms with Crippen LogP contribution in [0.1, 0.15) is 44.1 Å². The van der Waals surface area contributed by atoms with Crippen molar-refractivity contribution in [1.82, 2.24) is 23.8 Å². The number of pyridine rings is 1. The minimum absolute atomic E-state index is 0. The van der Waals surface area contributed by atoms with Gasteiger partial charge in [-0.1, -0.05) is 6.92 Å². The van der Waals surface area contributed by atoms with Gasteiger partial charge in [0.2, 0.25) is 5.88 Å². The van der Waals surface area contributed by atoms with Crippen molar-refractivity contribution in [3.63, 3.8) is 0 Å². The fourth-order valence-corrected chi connectivity index (χ4v) is 6.40. The van der Waals surface area contributed by atoms with Gasteiger partial charge >= 0.3 is 0 Å². The van der Waals surface area contributed by atoms with Gasteiger partial charge < -0.3 is 48.8 Å². The number of piperazine rings is 1. The Morgan fingerprint density at radius 3 is 2.41 bits per heavy atom. The summed E-state index contributed by atoms with van der Waals surface area (Å²) in [6, 6.07) is 3.83. The molecule has 2 aliphatic rings. The van der Waals surface area contributed by atoms with Crippen molar-refractivity contribution in [3.8, 4) is 5.88 Å². The van der Waals surface area contributed by atoms with E-state index >= 15 is 0 Å². The van der Waals surface area contributed by atoms with Gasteiger partial charge in [-0.2, -0.15) is 4.98 Å². The van der Waals surface area contributed by atoms with Crippen molar-refractivity contribution in [3.05, 3.63) is 34.0 Å². The molecule has 0 unspecified atom stereocenters. The largest absolute Gasteiger partial charge is 1.00 e. The Kier molecular flexibility index (Phi) is 11.5. The van der Waals surface area contributed by atoms with Crippen LogP contribution >= 0.6 is 0 Å². The number of halogens is 2. The molecule has 0 atom stereocenters. The molecular weight excluding hydrogens is 537 g/mol. The Bertz CT molecular complexity index is 1280. The number of methoxy groups -OCH3 is 1. The van der Waals surface area contributed by atoms with Crippen LogP contribution in [0.15, 0.2) is 16.9 Å². The van der Waals surface area contributed by atoms with Crippen LogP contribution in [0.4, 0.5) is 0 Å². The molecule has 39 heavy (non-hydrogen) atoms. The number of rotatable bonds is 9. The van der Waals surface area contributed by atoms with E-state index in [1.165, 1.54) is 58.7 Å². The predicted octanol–water partition coefficient (Wildman–Crippen LogP) is -6.16. The van der Waals surface area contributed by atoms with Crippen molar-refractivity contribution in [2.24, 2.45) is 5.92 Å². The quantitative estimate of drug-likeness (QED) is 0.263. The van der Waals surface area contributed by atoms with E-state index in [-0.39, 0.29) is 30.4 Å². The highest BCUT2D eigenvalue weighted by molar-refractivity contribution is 5.77. The molecule has 0 amide bonds. The number of imidazole rings is 1. The number of quaternary nitrogens is 2. The first-order valence-electron chi connectivity index (χ1n) is 14.3. The minimum Gasteiger partial charge on any atom is -1.00 e. The Morgan fingerprint density at radius 2 is 1.74 bits per heavy atom. The number of nitrogens with one attached hydrogen (secondary N) is 2. The SMILES string of the molecule is CCCc1nc(C)c2c(=O)n(CCC[NH+]3CC[NH+](CC4CCN(C)CC4)CC3)c3ccc(OC)nc3n12.[Cl-].[Cl-]. The molecule has 0 saturated carbocycles. The molecular formula is C28H45Cl2N7O2. The van der Waals surface area contributed by atoms with Crippen LogP contribution < -0.4 is 44.9 Å². The van der Waals surface area contributed by atoms with E-state index in [9.17, 15) is 4.79 Å². The molecule has 5 rings (SSSR count). The molecule has 9 nitrogen and oxygen atoms in total. The fraction of sp³-hybridized carbons (Fsp3) is 0.679. The lowest BCUT2D eigenvalue weighted by atomic mass is 9.96. The standard InChI is InChI=1S/C28H43N7O2.2ClH/c1-5-7-24-29-21(2)26-28(36)34(23-8-9-25(37-4)30-27(23)35(24)26)13-6-12-32-16-18-33(19-17-32)20-22-10-14-31(3)15-11-22;;/h8-9,22H,5-7,10-20H2,1-4H3;2*1H. The number of aryl methyl sites for hydroxylation is 3. The molecule has 0 aliphatic carbocycles. The fourth-order valence-electron chi connectivity index (χ4n) is 6.40. The van der Waals surface area contributed by atoms with E-state index in [1.807, 2.05) is 28.0 Å². The van der Waals surface area contributed by atoms with E-state index in [1.54, 1.807) is 16.9 Å². The average Bonchev–Trinajstić information content (AvgIpc) is 3.24. The third-order valence-electron chi connectivity index (χ3n) is 8.57. The van der Waals surface area contributed by atoms with Crippen LogP contribution in [0.5, 0.6) is 5.88 Å². The summed E-state index contributed by atoms with van der Waals surface area (Å²) in [5.41, 5.74) is 3.08. The van der Waals surface area contributed by atoms with Crippen LogP contribution in [0.25, 0.3) is 16.7 Å². The van der Waals surface area contributed by atoms with Crippen molar-refractivity contribution in [1.29, 1.82) is 0 Å². The van der Waals surface area contributed by atoms with Gasteiger partial charge in [-0.15, -0.1) is 0 Å². The van der Waals surface area contributed by atoms with E-state index in [4.69, 9.17) is 14.7 Å². The summed E-state index contributed by atoms with van der Waals surface area (Å²) in [5.74, 6) is 2.35. The van der Waals surface area contributed by atoms with E-state index in [0.29, 0.717) is 17.9 Å². The number of ether oxygens (including phenoxy) is 1. The molecule has 5 heterocycles. The summed E-state index contributed by atoms with van der Waals surface area (Å²) in [6.07, 6.45) is 5.47. The average molecular weight is 583 g/mol. The first-order valence-corrected chi connectivity index (χ1v) is 14.3. The summed E-state index contributed by atoms with van der Waals surface area (Å²) in [6.45, 7) is 14.7. The van der Waals surface area contributed by atoms with Gasteiger partial charge in [0.05, 0.1) is 31.4 Å². The normalized spacial score (nSPS) is 20.6. The molecule has 11 heteroatoms. The van der Waals surface area contributed by atoms with E-state index in [0.717, 1.165) is 54.4 Å². The maximum absolute atomic E-state index is 13.7. The number of likely N-dealkylation sites (tertiary alicyclic amines) is 1. The lowest BCUT2D eigenvalue weighted by molar-refractivity contribution is -1.01. The van der Waals surface area contributed by atoms with Crippen LogP contribution in [-0.4, -0.2) is 90.4 Å². The molecule has 3 aromatic rings. The van der Waals surface area contributed by atoms with Gasteiger partial charge in [0.1, 0.15) is 37.5 Å². The zero-order valence-corrected chi connectivity index (χ0v) is 25.5. The molecule has 0 spiro atoms. The molecule has 2 fully saturated rings. The topological polar surface area (TPSA) is 73.5 Å². The second-order valence-corrected chi connectivity index (χ2v) is 11.3. The highest BCUT2D eigenvalue weighted by Gasteiger charge is 2.27. The maximum atomic E-state index is 13.7. The Labute approximate surface area is 244 Å². The van der Waals surface area contributed by atoms with E-state index in [2.05, 4.69) is 18.9 Å². The number of fused-ring (bicyclic) bond motifs is 3. The second-order valence-electron chi connectivity index (χ2n) is 11.3. The highest BCUT2D eigenvalue weighted by Crippen LogP contribution is 2.21. The van der Waals surface area contributed by atoms with Gasteiger partial charge in [0, 0.05) is 31.4 Å². The molecule has 2 N–H and O–H groups in total. The molecule has 0 bridgehead atoms. The number of nitrogens with zero attached hydrogens (tertiary/aromatic N) is 5. The Balaban J connectivity index is 0.00000210. The molecule has 0 aromatic carbocycles. The maximum Gasteiger partial charge on any atom is 0.277 e. The van der Waals surface area contributed by atoms with Crippen molar-refractivity contribution < 1.29 is 39.4 Å². The minimum atomic E-state index is 0. The smallest absolute Gasteiger partial charge is 0.277 e. The third kappa shape index (κ3) is 6.88. The van der Waals surface area contributed by atoms with Gasteiger partial charge in [0.25, 0.3) is 5.56 Å². The number of aromatic nitrogens is 4.